The van der Waals surface area contributed by atoms with Gasteiger partial charge in [0.25, 0.3) is 0 Å². The van der Waals surface area contributed by atoms with Crippen LogP contribution in [0.2, 0.25) is 0 Å². The molecule has 0 fully saturated rings. The summed E-state index contributed by atoms with van der Waals surface area (Å²) in [5, 5.41) is 18.2. The Morgan fingerprint density at radius 3 is 2.17 bits per heavy atom. The standard InChI is InChI=1S/C9H13NO2/c10-3-1-2-7-4-8(11)6-9(12)5-7/h4-6,11-12H,1-3,10H2. The fourth-order valence-electron chi connectivity index (χ4n) is 1.11. The molecule has 0 atom stereocenters. The number of aromatic hydroxyl groups is 2. The van der Waals surface area contributed by atoms with Crippen LogP contribution in [0.3, 0.4) is 0 Å². The summed E-state index contributed by atoms with van der Waals surface area (Å²) in [5.41, 5.74) is 6.24. The molecule has 4 N–H and O–H groups in total. The van der Waals surface area contributed by atoms with E-state index in [-0.39, 0.29) is 11.5 Å². The smallest absolute Gasteiger partial charge is 0.119 e. The normalized spacial score (nSPS) is 10.1. The van der Waals surface area contributed by atoms with Gasteiger partial charge >= 0.3 is 0 Å². The molecule has 66 valence electrons. The highest BCUT2D eigenvalue weighted by Crippen LogP contribution is 2.20. The SMILES string of the molecule is NCCCc1cc(O)cc(O)c1. The molecule has 0 aliphatic carbocycles. The molecule has 0 aromatic heterocycles. The van der Waals surface area contributed by atoms with Gasteiger partial charge in [0.05, 0.1) is 0 Å². The summed E-state index contributed by atoms with van der Waals surface area (Å²) in [4.78, 5) is 0. The minimum Gasteiger partial charge on any atom is -0.508 e. The number of phenols is 2. The minimum absolute atomic E-state index is 0.0991. The van der Waals surface area contributed by atoms with Gasteiger partial charge in [-0.15, -0.1) is 0 Å². The van der Waals surface area contributed by atoms with Gasteiger partial charge in [0.1, 0.15) is 11.5 Å². The van der Waals surface area contributed by atoms with Crippen molar-refractivity contribution in [1.29, 1.82) is 0 Å². The van der Waals surface area contributed by atoms with E-state index in [1.807, 2.05) is 0 Å². The zero-order valence-corrected chi connectivity index (χ0v) is 6.83. The fourth-order valence-corrected chi connectivity index (χ4v) is 1.11. The van der Waals surface area contributed by atoms with Crippen molar-refractivity contribution >= 4 is 0 Å². The van der Waals surface area contributed by atoms with Gasteiger partial charge in [-0.05, 0) is 37.1 Å². The topological polar surface area (TPSA) is 66.5 Å². The number of hydrogen-bond acceptors (Lipinski definition) is 3. The van der Waals surface area contributed by atoms with Crippen LogP contribution >= 0.6 is 0 Å². The maximum Gasteiger partial charge on any atom is 0.119 e. The molecular formula is C9H13NO2. The van der Waals surface area contributed by atoms with Gasteiger partial charge in [-0.2, -0.15) is 0 Å². The molecule has 0 aliphatic rings. The van der Waals surface area contributed by atoms with E-state index in [1.54, 1.807) is 12.1 Å². The molecule has 0 heterocycles. The third-order valence-corrected chi connectivity index (χ3v) is 1.63. The van der Waals surface area contributed by atoms with Crippen LogP contribution in [0.15, 0.2) is 18.2 Å². The largest absolute Gasteiger partial charge is 0.508 e. The van der Waals surface area contributed by atoms with Crippen molar-refractivity contribution in [1.82, 2.24) is 0 Å². The van der Waals surface area contributed by atoms with Gasteiger partial charge in [-0.3, -0.25) is 0 Å². The average molecular weight is 167 g/mol. The molecule has 12 heavy (non-hydrogen) atoms. The Hall–Kier alpha value is -1.22. The molecule has 0 spiro atoms. The van der Waals surface area contributed by atoms with Crippen molar-refractivity contribution in [2.24, 2.45) is 5.73 Å². The Bertz CT molecular complexity index is 240. The summed E-state index contributed by atoms with van der Waals surface area (Å²) in [6, 6.07) is 4.58. The Balaban J connectivity index is 2.72. The van der Waals surface area contributed by atoms with Crippen molar-refractivity contribution in [2.75, 3.05) is 6.54 Å². The molecular weight excluding hydrogens is 154 g/mol. The molecule has 0 radical (unpaired) electrons. The number of hydrogen-bond donors (Lipinski definition) is 3. The Morgan fingerprint density at radius 1 is 1.08 bits per heavy atom. The molecule has 0 unspecified atom stereocenters. The van der Waals surface area contributed by atoms with Crippen LogP contribution in [-0.2, 0) is 6.42 Å². The molecule has 0 aliphatic heterocycles. The molecule has 0 saturated carbocycles. The highest BCUT2D eigenvalue weighted by molar-refractivity contribution is 5.36. The van der Waals surface area contributed by atoms with Gasteiger partial charge in [0.2, 0.25) is 0 Å². The number of phenolic OH excluding ortho intramolecular Hbond substituents is 2. The minimum atomic E-state index is 0.0991. The zero-order valence-electron chi connectivity index (χ0n) is 6.83. The van der Waals surface area contributed by atoms with Crippen molar-refractivity contribution in [3.05, 3.63) is 23.8 Å². The van der Waals surface area contributed by atoms with E-state index >= 15 is 0 Å². The van der Waals surface area contributed by atoms with E-state index in [4.69, 9.17) is 15.9 Å². The average Bonchev–Trinajstić information content (AvgIpc) is 1.99. The first-order chi connectivity index (χ1) is 5.72. The highest BCUT2D eigenvalue weighted by atomic mass is 16.3. The van der Waals surface area contributed by atoms with Crippen LogP contribution in [0.4, 0.5) is 0 Å². The second-order valence-corrected chi connectivity index (χ2v) is 2.75. The van der Waals surface area contributed by atoms with Crippen LogP contribution in [0.1, 0.15) is 12.0 Å². The molecule has 1 aromatic carbocycles. The lowest BCUT2D eigenvalue weighted by Crippen LogP contribution is -2.00. The van der Waals surface area contributed by atoms with E-state index < -0.39 is 0 Å². The number of aryl methyl sites for hydroxylation is 1. The summed E-state index contributed by atoms with van der Waals surface area (Å²) in [6.45, 7) is 0.621. The van der Waals surface area contributed by atoms with Gasteiger partial charge in [-0.1, -0.05) is 0 Å². The van der Waals surface area contributed by atoms with Crippen LogP contribution < -0.4 is 5.73 Å². The summed E-state index contributed by atoms with van der Waals surface area (Å²) in [7, 11) is 0. The predicted octanol–water partition coefficient (Wildman–Crippen LogP) is 0.989. The zero-order chi connectivity index (χ0) is 8.97. The van der Waals surface area contributed by atoms with E-state index in [0.29, 0.717) is 6.54 Å². The van der Waals surface area contributed by atoms with Gasteiger partial charge < -0.3 is 15.9 Å². The molecule has 1 aromatic rings. The first kappa shape index (κ1) is 8.87. The second-order valence-electron chi connectivity index (χ2n) is 2.75. The van der Waals surface area contributed by atoms with Crippen molar-refractivity contribution in [3.63, 3.8) is 0 Å². The van der Waals surface area contributed by atoms with E-state index in [1.165, 1.54) is 6.07 Å². The number of benzene rings is 1. The molecule has 0 saturated heterocycles. The maximum absolute atomic E-state index is 9.10. The highest BCUT2D eigenvalue weighted by Gasteiger charge is 1.97. The van der Waals surface area contributed by atoms with E-state index in [0.717, 1.165) is 18.4 Å². The summed E-state index contributed by atoms with van der Waals surface area (Å²) < 4.78 is 0. The predicted molar refractivity (Wildman–Crippen MR) is 47.1 cm³/mol. The van der Waals surface area contributed by atoms with Crippen LogP contribution in [0, 0.1) is 0 Å². The van der Waals surface area contributed by atoms with Crippen LogP contribution in [0.25, 0.3) is 0 Å². The molecule has 3 nitrogen and oxygen atoms in total. The molecule has 1 rings (SSSR count). The lowest BCUT2D eigenvalue weighted by atomic mass is 10.1. The third-order valence-electron chi connectivity index (χ3n) is 1.63. The van der Waals surface area contributed by atoms with Gasteiger partial charge in [0.15, 0.2) is 0 Å². The first-order valence-electron chi connectivity index (χ1n) is 3.94. The monoisotopic (exact) mass is 167 g/mol. The van der Waals surface area contributed by atoms with E-state index in [2.05, 4.69) is 0 Å². The Kier molecular flexibility index (Phi) is 2.94. The fraction of sp³-hybridized carbons (Fsp3) is 0.333. The van der Waals surface area contributed by atoms with Crippen LogP contribution in [0.5, 0.6) is 11.5 Å². The van der Waals surface area contributed by atoms with Crippen molar-refractivity contribution in [2.45, 2.75) is 12.8 Å². The van der Waals surface area contributed by atoms with Crippen molar-refractivity contribution < 1.29 is 10.2 Å². The molecule has 0 amide bonds. The number of rotatable bonds is 3. The Labute approximate surface area is 71.5 Å². The van der Waals surface area contributed by atoms with Crippen LogP contribution in [-0.4, -0.2) is 16.8 Å². The number of nitrogens with two attached hydrogens (primary N) is 1. The first-order valence-corrected chi connectivity index (χ1v) is 3.94. The lowest BCUT2D eigenvalue weighted by molar-refractivity contribution is 0.449. The van der Waals surface area contributed by atoms with Gasteiger partial charge in [-0.25, -0.2) is 0 Å². The summed E-state index contributed by atoms with van der Waals surface area (Å²) >= 11 is 0. The molecule has 3 heteroatoms. The lowest BCUT2D eigenvalue weighted by Gasteiger charge is -2.01. The van der Waals surface area contributed by atoms with Crippen molar-refractivity contribution in [3.8, 4) is 11.5 Å². The van der Waals surface area contributed by atoms with Gasteiger partial charge in [0, 0.05) is 6.07 Å². The quantitative estimate of drug-likeness (QED) is 0.629. The maximum atomic E-state index is 9.10. The third kappa shape index (κ3) is 2.43. The second kappa shape index (κ2) is 3.97. The Morgan fingerprint density at radius 2 is 1.67 bits per heavy atom. The molecule has 0 bridgehead atoms. The van der Waals surface area contributed by atoms with E-state index in [9.17, 15) is 0 Å². The summed E-state index contributed by atoms with van der Waals surface area (Å²) in [6.07, 6.45) is 1.65. The summed E-state index contributed by atoms with van der Waals surface area (Å²) in [5.74, 6) is 0.198.